The minimum atomic E-state index is -1.01. The molecule has 2 heterocycles. The number of rotatable bonds is 3. The van der Waals surface area contributed by atoms with E-state index in [4.69, 9.17) is 9.52 Å². The first-order chi connectivity index (χ1) is 7.20. The van der Waals surface area contributed by atoms with Crippen LogP contribution < -0.4 is 5.32 Å². The second kappa shape index (κ2) is 3.74. The van der Waals surface area contributed by atoms with Crippen molar-refractivity contribution in [3.8, 4) is 11.5 Å². The molecule has 0 bridgehead atoms. The zero-order chi connectivity index (χ0) is 10.8. The topological polar surface area (TPSA) is 75.4 Å². The molecule has 0 spiro atoms. The summed E-state index contributed by atoms with van der Waals surface area (Å²) in [5.41, 5.74) is 0.765. The van der Waals surface area contributed by atoms with Crippen molar-refractivity contribution in [3.05, 3.63) is 23.3 Å². The van der Waals surface area contributed by atoms with E-state index in [2.05, 4.69) is 10.3 Å². The van der Waals surface area contributed by atoms with Crippen LogP contribution in [0.25, 0.3) is 11.5 Å². The summed E-state index contributed by atoms with van der Waals surface area (Å²) in [4.78, 5) is 14.8. The zero-order valence-electron chi connectivity index (χ0n) is 7.85. The minimum Gasteiger partial charge on any atom is -0.478 e. The summed E-state index contributed by atoms with van der Waals surface area (Å²) in [7, 11) is 1.77. The van der Waals surface area contributed by atoms with Crippen LogP contribution in [0, 0.1) is 0 Å². The van der Waals surface area contributed by atoms with Gasteiger partial charge in [-0.15, -0.1) is 11.3 Å². The SMILES string of the molecule is CNc1nc(-c2cc(C(=O)O)co2)cs1. The van der Waals surface area contributed by atoms with Gasteiger partial charge in [0.2, 0.25) is 0 Å². The Labute approximate surface area is 89.4 Å². The molecule has 0 radical (unpaired) electrons. The maximum absolute atomic E-state index is 10.6. The average Bonchev–Trinajstić information content (AvgIpc) is 2.86. The number of hydrogen-bond donors (Lipinski definition) is 2. The number of furan rings is 1. The van der Waals surface area contributed by atoms with Gasteiger partial charge in [-0.3, -0.25) is 0 Å². The molecule has 0 amide bonds. The Morgan fingerprint density at radius 2 is 2.47 bits per heavy atom. The standard InChI is InChI=1S/C9H8N2O3S/c1-10-9-11-6(4-15-9)7-2-5(3-14-7)8(12)13/h2-4H,1H3,(H,10,11)(H,12,13). The summed E-state index contributed by atoms with van der Waals surface area (Å²) in [5.74, 6) is -0.542. The van der Waals surface area contributed by atoms with Crippen molar-refractivity contribution in [2.24, 2.45) is 0 Å². The van der Waals surface area contributed by atoms with Gasteiger partial charge in [0.15, 0.2) is 10.9 Å². The maximum Gasteiger partial charge on any atom is 0.338 e. The van der Waals surface area contributed by atoms with Crippen molar-refractivity contribution in [3.63, 3.8) is 0 Å². The van der Waals surface area contributed by atoms with E-state index in [-0.39, 0.29) is 5.56 Å². The second-order valence-electron chi connectivity index (χ2n) is 2.79. The lowest BCUT2D eigenvalue weighted by Gasteiger charge is -1.88. The number of thiazole rings is 1. The molecule has 2 N–H and O–H groups in total. The molecule has 0 unspecified atom stereocenters. The summed E-state index contributed by atoms with van der Waals surface area (Å²) >= 11 is 1.43. The van der Waals surface area contributed by atoms with Crippen molar-refractivity contribution in [2.45, 2.75) is 0 Å². The normalized spacial score (nSPS) is 10.2. The Morgan fingerprint density at radius 1 is 1.67 bits per heavy atom. The highest BCUT2D eigenvalue weighted by molar-refractivity contribution is 7.14. The van der Waals surface area contributed by atoms with Crippen LogP contribution in [0.5, 0.6) is 0 Å². The smallest absolute Gasteiger partial charge is 0.338 e. The number of aromatic carboxylic acids is 1. The van der Waals surface area contributed by atoms with E-state index < -0.39 is 5.97 Å². The first-order valence-corrected chi connectivity index (χ1v) is 5.04. The maximum atomic E-state index is 10.6. The summed E-state index contributed by atoms with van der Waals surface area (Å²) in [6.07, 6.45) is 1.20. The molecule has 0 atom stereocenters. The molecule has 78 valence electrons. The van der Waals surface area contributed by atoms with E-state index in [1.807, 2.05) is 0 Å². The molecule has 0 aromatic carbocycles. The van der Waals surface area contributed by atoms with Crippen LogP contribution in [0.4, 0.5) is 5.13 Å². The van der Waals surface area contributed by atoms with Crippen LogP contribution in [0.3, 0.4) is 0 Å². The molecule has 0 saturated carbocycles. The number of carbonyl (C=O) groups is 1. The summed E-state index contributed by atoms with van der Waals surface area (Å²) < 4.78 is 5.11. The number of carboxylic acid groups (broad SMARTS) is 1. The lowest BCUT2D eigenvalue weighted by molar-refractivity contribution is 0.0696. The largest absolute Gasteiger partial charge is 0.478 e. The predicted molar refractivity (Wildman–Crippen MR) is 56.3 cm³/mol. The molecule has 2 aromatic rings. The van der Waals surface area contributed by atoms with Gasteiger partial charge in [-0.25, -0.2) is 9.78 Å². The average molecular weight is 224 g/mol. The molecule has 2 rings (SSSR count). The van der Waals surface area contributed by atoms with E-state index in [1.54, 1.807) is 12.4 Å². The fourth-order valence-corrected chi connectivity index (χ4v) is 1.75. The Kier molecular flexibility index (Phi) is 2.42. The van der Waals surface area contributed by atoms with Gasteiger partial charge in [-0.2, -0.15) is 0 Å². The van der Waals surface area contributed by atoms with E-state index in [9.17, 15) is 4.79 Å². The Bertz CT molecular complexity index is 489. The summed E-state index contributed by atoms with van der Waals surface area (Å²) in [5, 5.41) is 14.2. The van der Waals surface area contributed by atoms with Gasteiger partial charge in [0.25, 0.3) is 0 Å². The van der Waals surface area contributed by atoms with E-state index in [1.165, 1.54) is 23.7 Å². The van der Waals surface area contributed by atoms with Crippen LogP contribution in [0.1, 0.15) is 10.4 Å². The minimum absolute atomic E-state index is 0.129. The Hall–Kier alpha value is -1.82. The molecule has 0 aliphatic rings. The number of aromatic nitrogens is 1. The van der Waals surface area contributed by atoms with Gasteiger partial charge >= 0.3 is 5.97 Å². The van der Waals surface area contributed by atoms with Gasteiger partial charge in [0, 0.05) is 18.5 Å². The van der Waals surface area contributed by atoms with Gasteiger partial charge in [0.05, 0.1) is 5.56 Å². The molecule has 0 saturated heterocycles. The first-order valence-electron chi connectivity index (χ1n) is 4.16. The summed E-state index contributed by atoms with van der Waals surface area (Å²) in [6.45, 7) is 0. The van der Waals surface area contributed by atoms with E-state index in [0.29, 0.717) is 11.5 Å². The molecule has 15 heavy (non-hydrogen) atoms. The third kappa shape index (κ3) is 1.84. The van der Waals surface area contributed by atoms with Crippen molar-refractivity contribution in [1.29, 1.82) is 0 Å². The molecule has 0 aliphatic carbocycles. The third-order valence-corrected chi connectivity index (χ3v) is 2.68. The lowest BCUT2D eigenvalue weighted by atomic mass is 10.3. The van der Waals surface area contributed by atoms with Crippen LogP contribution in [-0.2, 0) is 0 Å². The zero-order valence-corrected chi connectivity index (χ0v) is 8.67. The van der Waals surface area contributed by atoms with Crippen LogP contribution in [0.15, 0.2) is 22.1 Å². The molecular weight excluding hydrogens is 216 g/mol. The monoisotopic (exact) mass is 224 g/mol. The lowest BCUT2D eigenvalue weighted by Crippen LogP contribution is -1.91. The quantitative estimate of drug-likeness (QED) is 0.835. The number of carboxylic acids is 1. The highest BCUT2D eigenvalue weighted by atomic mass is 32.1. The Balaban J connectivity index is 2.32. The van der Waals surface area contributed by atoms with Crippen LogP contribution in [0.2, 0.25) is 0 Å². The van der Waals surface area contributed by atoms with Crippen molar-refractivity contribution < 1.29 is 14.3 Å². The van der Waals surface area contributed by atoms with Gasteiger partial charge in [-0.05, 0) is 0 Å². The third-order valence-electron chi connectivity index (χ3n) is 1.82. The van der Waals surface area contributed by atoms with Gasteiger partial charge < -0.3 is 14.8 Å². The molecular formula is C9H8N2O3S. The van der Waals surface area contributed by atoms with Crippen LogP contribution >= 0.6 is 11.3 Å². The molecule has 6 heteroatoms. The van der Waals surface area contributed by atoms with E-state index in [0.717, 1.165) is 5.13 Å². The fourth-order valence-electron chi connectivity index (χ4n) is 1.08. The van der Waals surface area contributed by atoms with Crippen molar-refractivity contribution >= 4 is 22.4 Å². The van der Waals surface area contributed by atoms with Crippen molar-refractivity contribution in [2.75, 3.05) is 12.4 Å². The molecule has 2 aromatic heterocycles. The van der Waals surface area contributed by atoms with Gasteiger partial charge in [0.1, 0.15) is 12.0 Å². The van der Waals surface area contributed by atoms with E-state index >= 15 is 0 Å². The predicted octanol–water partition coefficient (Wildman–Crippen LogP) is 2.14. The Morgan fingerprint density at radius 3 is 3.00 bits per heavy atom. The molecule has 0 aliphatic heterocycles. The molecule has 0 fully saturated rings. The number of hydrogen-bond acceptors (Lipinski definition) is 5. The number of nitrogens with one attached hydrogen (secondary N) is 1. The number of nitrogens with zero attached hydrogens (tertiary/aromatic N) is 1. The number of anilines is 1. The van der Waals surface area contributed by atoms with Gasteiger partial charge in [-0.1, -0.05) is 0 Å². The highest BCUT2D eigenvalue weighted by Gasteiger charge is 2.12. The fraction of sp³-hybridized carbons (Fsp3) is 0.111. The first kappa shape index (κ1) is 9.72. The van der Waals surface area contributed by atoms with Crippen molar-refractivity contribution in [1.82, 2.24) is 4.98 Å². The van der Waals surface area contributed by atoms with Crippen LogP contribution in [-0.4, -0.2) is 23.1 Å². The summed E-state index contributed by atoms with van der Waals surface area (Å²) in [6, 6.07) is 1.46. The highest BCUT2D eigenvalue weighted by Crippen LogP contribution is 2.26. The second-order valence-corrected chi connectivity index (χ2v) is 3.65. The molecule has 5 nitrogen and oxygen atoms in total.